The van der Waals surface area contributed by atoms with Gasteiger partial charge in [-0.05, 0) is 29.6 Å². The van der Waals surface area contributed by atoms with Crippen molar-refractivity contribution in [3.8, 4) is 11.5 Å². The number of fused-ring (bicyclic) bond motifs is 1. The molecule has 3 rings (SSSR count). The number of benzene rings is 1. The summed E-state index contributed by atoms with van der Waals surface area (Å²) >= 11 is 2.90. The molecule has 0 spiro atoms. The molecule has 1 aromatic carbocycles. The number of esters is 1. The summed E-state index contributed by atoms with van der Waals surface area (Å²) in [5, 5.41) is 4.82. The van der Waals surface area contributed by atoms with Crippen molar-refractivity contribution in [3.05, 3.63) is 40.6 Å². The predicted molar refractivity (Wildman–Crippen MR) is 100.0 cm³/mol. The minimum Gasteiger partial charge on any atom is -0.486 e. The monoisotopic (exact) mass is 393 g/mol. The van der Waals surface area contributed by atoms with Crippen molar-refractivity contribution >= 4 is 35.0 Å². The lowest BCUT2D eigenvalue weighted by atomic mass is 10.1. The van der Waals surface area contributed by atoms with E-state index in [4.69, 9.17) is 14.2 Å². The van der Waals surface area contributed by atoms with Gasteiger partial charge in [-0.2, -0.15) is 0 Å². The van der Waals surface area contributed by atoms with Crippen molar-refractivity contribution in [2.45, 2.75) is 17.4 Å². The Morgan fingerprint density at radius 1 is 1.27 bits per heavy atom. The molecule has 1 aliphatic rings. The molecule has 2 heterocycles. The number of ether oxygens (including phenoxy) is 3. The van der Waals surface area contributed by atoms with Gasteiger partial charge in [0.1, 0.15) is 13.2 Å². The molecule has 6 nitrogen and oxygen atoms in total. The maximum atomic E-state index is 12.3. The Morgan fingerprint density at radius 2 is 2.08 bits per heavy atom. The van der Waals surface area contributed by atoms with Crippen LogP contribution in [-0.4, -0.2) is 38.0 Å². The third kappa shape index (κ3) is 4.92. The molecule has 0 radical (unpaired) electrons. The molecule has 0 saturated heterocycles. The third-order valence-electron chi connectivity index (χ3n) is 3.70. The van der Waals surface area contributed by atoms with E-state index in [0.29, 0.717) is 19.0 Å². The zero-order valence-corrected chi connectivity index (χ0v) is 15.9. The van der Waals surface area contributed by atoms with Crippen LogP contribution in [0.4, 0.5) is 0 Å². The Morgan fingerprint density at radius 3 is 2.81 bits per heavy atom. The van der Waals surface area contributed by atoms with Gasteiger partial charge < -0.3 is 19.5 Å². The smallest absolute Gasteiger partial charge is 0.307 e. The summed E-state index contributed by atoms with van der Waals surface area (Å²) in [6.07, 6.45) is 0.109. The molecule has 1 amide bonds. The minimum absolute atomic E-state index is 0.109. The second kappa shape index (κ2) is 8.95. The van der Waals surface area contributed by atoms with Gasteiger partial charge in [-0.15, -0.1) is 23.1 Å². The fourth-order valence-electron chi connectivity index (χ4n) is 2.46. The molecule has 2 aromatic rings. The number of hydrogen-bond acceptors (Lipinski definition) is 7. The molecule has 0 bridgehead atoms. The summed E-state index contributed by atoms with van der Waals surface area (Å²) in [5.41, 5.74) is 0. The van der Waals surface area contributed by atoms with E-state index < -0.39 is 0 Å². The zero-order valence-electron chi connectivity index (χ0n) is 14.2. The van der Waals surface area contributed by atoms with E-state index >= 15 is 0 Å². The Hall–Kier alpha value is -2.19. The predicted octanol–water partition coefficient (Wildman–Crippen LogP) is 3.03. The van der Waals surface area contributed by atoms with Gasteiger partial charge in [0.25, 0.3) is 0 Å². The van der Waals surface area contributed by atoms with Gasteiger partial charge >= 0.3 is 5.97 Å². The first-order valence-corrected chi connectivity index (χ1v) is 9.94. The van der Waals surface area contributed by atoms with Crippen molar-refractivity contribution in [3.63, 3.8) is 0 Å². The summed E-state index contributed by atoms with van der Waals surface area (Å²) in [6, 6.07) is 9.03. The van der Waals surface area contributed by atoms with E-state index in [1.165, 1.54) is 30.2 Å². The SMILES string of the molecule is COC(=O)CC(NC(=O)CSc1ccc2c(c1)OCCO2)c1cccs1. The zero-order chi connectivity index (χ0) is 18.4. The molecule has 26 heavy (non-hydrogen) atoms. The third-order valence-corrected chi connectivity index (χ3v) is 5.68. The highest BCUT2D eigenvalue weighted by Gasteiger charge is 2.20. The molecule has 1 unspecified atom stereocenters. The summed E-state index contributed by atoms with van der Waals surface area (Å²) in [4.78, 5) is 25.8. The first kappa shape index (κ1) is 18.6. The van der Waals surface area contributed by atoms with Crippen LogP contribution in [0.15, 0.2) is 40.6 Å². The second-order valence-corrected chi connectivity index (χ2v) is 7.54. The quantitative estimate of drug-likeness (QED) is 0.576. The largest absolute Gasteiger partial charge is 0.486 e. The average molecular weight is 393 g/mol. The van der Waals surface area contributed by atoms with Crippen molar-refractivity contribution < 1.29 is 23.8 Å². The van der Waals surface area contributed by atoms with Gasteiger partial charge in [0.15, 0.2) is 11.5 Å². The number of methoxy groups -OCH3 is 1. The van der Waals surface area contributed by atoms with E-state index in [-0.39, 0.29) is 30.1 Å². The number of hydrogen-bond donors (Lipinski definition) is 1. The van der Waals surface area contributed by atoms with Crippen molar-refractivity contribution in [1.29, 1.82) is 0 Å². The highest BCUT2D eigenvalue weighted by atomic mass is 32.2. The van der Waals surface area contributed by atoms with Gasteiger partial charge in [0.05, 0.1) is 25.3 Å². The highest BCUT2D eigenvalue weighted by Crippen LogP contribution is 2.34. The van der Waals surface area contributed by atoms with Crippen LogP contribution in [0.1, 0.15) is 17.3 Å². The lowest BCUT2D eigenvalue weighted by Gasteiger charge is -2.19. The molecular weight excluding hydrogens is 374 g/mol. The second-order valence-electron chi connectivity index (χ2n) is 5.51. The van der Waals surface area contributed by atoms with Crippen molar-refractivity contribution in [2.24, 2.45) is 0 Å². The maximum Gasteiger partial charge on any atom is 0.307 e. The molecule has 0 aliphatic carbocycles. The van der Waals surface area contributed by atoms with E-state index in [1.807, 2.05) is 35.7 Å². The first-order chi connectivity index (χ1) is 12.7. The minimum atomic E-state index is -0.379. The van der Waals surface area contributed by atoms with Gasteiger partial charge in [-0.1, -0.05) is 6.07 Å². The number of rotatable bonds is 7. The van der Waals surface area contributed by atoms with E-state index in [1.54, 1.807) is 0 Å². The molecule has 8 heteroatoms. The standard InChI is InChI=1S/C18H19NO5S2/c1-22-18(21)10-13(16-3-2-8-25-16)19-17(20)11-26-12-4-5-14-15(9-12)24-7-6-23-14/h2-5,8-9,13H,6-7,10-11H2,1H3,(H,19,20). The number of nitrogens with one attached hydrogen (secondary N) is 1. The molecule has 1 N–H and O–H groups in total. The summed E-state index contributed by atoms with van der Waals surface area (Å²) in [5.74, 6) is 1.16. The highest BCUT2D eigenvalue weighted by molar-refractivity contribution is 8.00. The lowest BCUT2D eigenvalue weighted by molar-refractivity contribution is -0.141. The molecule has 1 aliphatic heterocycles. The van der Waals surface area contributed by atoms with Crippen LogP contribution >= 0.6 is 23.1 Å². The number of amides is 1. The molecule has 1 atom stereocenters. The summed E-state index contributed by atoms with van der Waals surface area (Å²) in [7, 11) is 1.34. The van der Waals surface area contributed by atoms with E-state index in [0.717, 1.165) is 15.5 Å². The topological polar surface area (TPSA) is 73.9 Å². The van der Waals surface area contributed by atoms with Crippen LogP contribution in [-0.2, 0) is 14.3 Å². The Kier molecular flexibility index (Phi) is 6.40. The van der Waals surface area contributed by atoms with Gasteiger partial charge in [-0.3, -0.25) is 9.59 Å². The Bertz CT molecular complexity index is 763. The van der Waals surface area contributed by atoms with Gasteiger partial charge in [-0.25, -0.2) is 0 Å². The molecule has 0 saturated carbocycles. The number of carbonyl (C=O) groups excluding carboxylic acids is 2. The van der Waals surface area contributed by atoms with Crippen LogP contribution in [0.2, 0.25) is 0 Å². The van der Waals surface area contributed by atoms with Gasteiger partial charge in [0.2, 0.25) is 5.91 Å². The van der Waals surface area contributed by atoms with E-state index in [2.05, 4.69) is 5.32 Å². The Balaban J connectivity index is 1.57. The van der Waals surface area contributed by atoms with Crippen molar-refractivity contribution in [1.82, 2.24) is 5.32 Å². The van der Waals surface area contributed by atoms with Crippen molar-refractivity contribution in [2.75, 3.05) is 26.1 Å². The molecule has 138 valence electrons. The Labute approximate surface area is 159 Å². The van der Waals surface area contributed by atoms with E-state index in [9.17, 15) is 9.59 Å². The fraction of sp³-hybridized carbons (Fsp3) is 0.333. The first-order valence-electron chi connectivity index (χ1n) is 8.07. The molecule has 1 aromatic heterocycles. The maximum absolute atomic E-state index is 12.3. The average Bonchev–Trinajstić information content (AvgIpc) is 3.20. The van der Waals surface area contributed by atoms with Crippen LogP contribution in [0.5, 0.6) is 11.5 Å². The van der Waals surface area contributed by atoms with Gasteiger partial charge in [0, 0.05) is 9.77 Å². The lowest BCUT2D eigenvalue weighted by Crippen LogP contribution is -2.31. The fourth-order valence-corrected chi connectivity index (χ4v) is 3.97. The summed E-state index contributed by atoms with van der Waals surface area (Å²) in [6.45, 7) is 1.07. The van der Waals surface area contributed by atoms with Crippen LogP contribution < -0.4 is 14.8 Å². The number of carbonyl (C=O) groups is 2. The van der Waals surface area contributed by atoms with Crippen LogP contribution in [0.25, 0.3) is 0 Å². The normalized spacial score (nSPS) is 13.7. The molecule has 0 fully saturated rings. The van der Waals surface area contributed by atoms with Crippen LogP contribution in [0, 0.1) is 0 Å². The summed E-state index contributed by atoms with van der Waals surface area (Å²) < 4.78 is 15.8. The van der Waals surface area contributed by atoms with Crippen LogP contribution in [0.3, 0.4) is 0 Å². The molecular formula is C18H19NO5S2. The number of thiophene rings is 1. The number of thioether (sulfide) groups is 1.